The first-order valence-electron chi connectivity index (χ1n) is 11.8. The van der Waals surface area contributed by atoms with Crippen molar-refractivity contribution < 1.29 is 24.2 Å². The summed E-state index contributed by atoms with van der Waals surface area (Å²) in [5.74, 6) is -1.19. The van der Waals surface area contributed by atoms with Crippen molar-refractivity contribution in [2.75, 3.05) is 55.7 Å². The van der Waals surface area contributed by atoms with Crippen molar-refractivity contribution in [2.45, 2.75) is 13.8 Å². The van der Waals surface area contributed by atoms with Crippen molar-refractivity contribution in [3.63, 3.8) is 0 Å². The van der Waals surface area contributed by atoms with E-state index in [9.17, 15) is 14.4 Å². The standard InChI is InChI=1S/C26H29N5O5/c1-3-30(14-13-28-29-27)20-9-5-18(6-10-20)23-25(34)24(26(23)35)19-7-11-21(12-8-19)31(4-2)15-16-36-17-22(32)33/h5-12H,3-4,13-17H2,1-2H3,(H,32,33). The molecular weight excluding hydrogens is 462 g/mol. The quantitative estimate of drug-likeness (QED) is 0.185. The summed E-state index contributed by atoms with van der Waals surface area (Å²) < 4.78 is 5.11. The number of hydrogen-bond donors (Lipinski definition) is 1. The highest BCUT2D eigenvalue weighted by atomic mass is 16.5. The fourth-order valence-corrected chi connectivity index (χ4v) is 4.08. The Hall–Kier alpha value is -3.88. The number of rotatable bonds is 14. The Bertz CT molecular complexity index is 1100. The van der Waals surface area contributed by atoms with Gasteiger partial charge in [0.25, 0.3) is 0 Å². The predicted molar refractivity (Wildman–Crippen MR) is 136 cm³/mol. The summed E-state index contributed by atoms with van der Waals surface area (Å²) >= 11 is 0. The van der Waals surface area contributed by atoms with Gasteiger partial charge in [-0.25, -0.2) is 4.79 Å². The third-order valence-corrected chi connectivity index (χ3v) is 5.98. The molecular formula is C26H29N5O5. The van der Waals surface area contributed by atoms with Crippen molar-refractivity contribution in [3.05, 3.63) is 81.9 Å². The van der Waals surface area contributed by atoms with E-state index in [1.54, 1.807) is 24.3 Å². The molecule has 2 aromatic rings. The SMILES string of the molecule is CCN(CCN=[N+]=[N-])c1ccc([C]2C(=O)[C](c3ccc(N(CC)CCOCC(=O)O)cc3)C2=O)cc1. The summed E-state index contributed by atoms with van der Waals surface area (Å²) in [7, 11) is 0. The van der Waals surface area contributed by atoms with Gasteiger partial charge in [0, 0.05) is 49.0 Å². The molecule has 3 rings (SSSR count). The maximum absolute atomic E-state index is 12.9. The van der Waals surface area contributed by atoms with Crippen LogP contribution in [0.4, 0.5) is 11.4 Å². The van der Waals surface area contributed by atoms with Crippen molar-refractivity contribution in [1.82, 2.24) is 0 Å². The fraction of sp³-hybridized carbons (Fsp3) is 0.346. The number of Topliss-reactive ketones (excluding diaryl/α,β-unsaturated/α-hetero) is 2. The maximum atomic E-state index is 12.9. The molecule has 36 heavy (non-hydrogen) atoms. The minimum atomic E-state index is -1.01. The minimum Gasteiger partial charge on any atom is -0.480 e. The molecule has 0 amide bonds. The van der Waals surface area contributed by atoms with Gasteiger partial charge in [0.2, 0.25) is 0 Å². The predicted octanol–water partition coefficient (Wildman–Crippen LogP) is 3.45. The van der Waals surface area contributed by atoms with E-state index < -0.39 is 5.97 Å². The molecule has 0 aliphatic heterocycles. The smallest absolute Gasteiger partial charge is 0.329 e. The fourth-order valence-electron chi connectivity index (χ4n) is 4.08. The number of benzene rings is 2. The van der Waals surface area contributed by atoms with E-state index in [1.807, 2.05) is 47.9 Å². The highest BCUT2D eigenvalue weighted by Crippen LogP contribution is 2.40. The van der Waals surface area contributed by atoms with Crippen LogP contribution in [-0.4, -0.2) is 68.6 Å². The molecule has 0 atom stereocenters. The Morgan fingerprint density at radius 1 is 0.889 bits per heavy atom. The van der Waals surface area contributed by atoms with E-state index in [0.717, 1.165) is 17.9 Å². The van der Waals surface area contributed by atoms with Gasteiger partial charge < -0.3 is 19.6 Å². The summed E-state index contributed by atoms with van der Waals surface area (Å²) in [6.07, 6.45) is 0. The van der Waals surface area contributed by atoms with Crippen LogP contribution < -0.4 is 9.80 Å². The van der Waals surface area contributed by atoms with E-state index in [0.29, 0.717) is 37.3 Å². The van der Waals surface area contributed by atoms with Crippen LogP contribution in [0.5, 0.6) is 0 Å². The Labute approximate surface area is 210 Å². The van der Waals surface area contributed by atoms with Crippen LogP contribution in [0.2, 0.25) is 0 Å². The summed E-state index contributed by atoms with van der Waals surface area (Å²) in [4.78, 5) is 43.2. The van der Waals surface area contributed by atoms with Crippen molar-refractivity contribution in [2.24, 2.45) is 5.11 Å². The molecule has 2 radical (unpaired) electrons. The molecule has 1 aliphatic carbocycles. The first-order valence-corrected chi connectivity index (χ1v) is 11.8. The van der Waals surface area contributed by atoms with Crippen LogP contribution in [0.15, 0.2) is 53.6 Å². The molecule has 0 spiro atoms. The number of ketones is 2. The number of aliphatic carboxylic acids is 1. The lowest BCUT2D eigenvalue weighted by Gasteiger charge is -2.31. The highest BCUT2D eigenvalue weighted by molar-refractivity contribution is 6.49. The monoisotopic (exact) mass is 491 g/mol. The van der Waals surface area contributed by atoms with Crippen LogP contribution in [0.1, 0.15) is 25.0 Å². The van der Waals surface area contributed by atoms with Gasteiger partial charge in [0.1, 0.15) is 18.4 Å². The second kappa shape index (κ2) is 12.7. The van der Waals surface area contributed by atoms with Gasteiger partial charge in [0.05, 0.1) is 6.61 Å². The zero-order valence-corrected chi connectivity index (χ0v) is 20.4. The average Bonchev–Trinajstić information content (AvgIpc) is 2.88. The molecule has 0 bridgehead atoms. The molecule has 0 heterocycles. The minimum absolute atomic E-state index is 0.179. The molecule has 188 valence electrons. The molecule has 1 saturated carbocycles. The number of azide groups is 1. The van der Waals surface area contributed by atoms with E-state index in [4.69, 9.17) is 15.4 Å². The first-order chi connectivity index (χ1) is 17.4. The number of carboxylic acid groups (broad SMARTS) is 1. The second-order valence-corrected chi connectivity index (χ2v) is 8.06. The Morgan fingerprint density at radius 2 is 1.36 bits per heavy atom. The molecule has 0 saturated heterocycles. The van der Waals surface area contributed by atoms with Crippen LogP contribution >= 0.6 is 0 Å². The normalized spacial score (nSPS) is 13.7. The maximum Gasteiger partial charge on any atom is 0.329 e. The number of ether oxygens (including phenoxy) is 1. The van der Waals surface area contributed by atoms with Gasteiger partial charge in [-0.15, -0.1) is 0 Å². The Morgan fingerprint density at radius 3 is 1.78 bits per heavy atom. The van der Waals surface area contributed by atoms with Gasteiger partial charge in [-0.1, -0.05) is 29.4 Å². The van der Waals surface area contributed by atoms with Gasteiger partial charge in [0.15, 0.2) is 11.6 Å². The van der Waals surface area contributed by atoms with Crippen molar-refractivity contribution in [1.29, 1.82) is 0 Å². The van der Waals surface area contributed by atoms with E-state index in [1.165, 1.54) is 0 Å². The van der Waals surface area contributed by atoms with Crippen LogP contribution in [-0.2, 0) is 19.1 Å². The van der Waals surface area contributed by atoms with Crippen LogP contribution in [0.3, 0.4) is 0 Å². The van der Waals surface area contributed by atoms with Gasteiger partial charge >= 0.3 is 5.97 Å². The summed E-state index contributed by atoms with van der Waals surface area (Å²) in [6.45, 7) is 6.78. The topological polar surface area (TPSA) is 136 Å². The number of anilines is 2. The van der Waals surface area contributed by atoms with E-state index in [-0.39, 0.29) is 36.6 Å². The summed E-state index contributed by atoms with van der Waals surface area (Å²) in [6, 6.07) is 14.4. The second-order valence-electron chi connectivity index (χ2n) is 8.06. The molecule has 10 nitrogen and oxygen atoms in total. The molecule has 1 fully saturated rings. The zero-order chi connectivity index (χ0) is 26.1. The first kappa shape index (κ1) is 26.7. The lowest BCUT2D eigenvalue weighted by atomic mass is 9.66. The largest absolute Gasteiger partial charge is 0.480 e. The number of likely N-dealkylation sites (N-methyl/N-ethyl adjacent to an activating group) is 2. The van der Waals surface area contributed by atoms with Crippen LogP contribution in [0.25, 0.3) is 10.4 Å². The van der Waals surface area contributed by atoms with Gasteiger partial charge in [-0.05, 0) is 54.8 Å². The Balaban J connectivity index is 1.62. The van der Waals surface area contributed by atoms with Gasteiger partial charge in [-0.2, -0.15) is 0 Å². The highest BCUT2D eigenvalue weighted by Gasteiger charge is 2.52. The number of carbonyl (C=O) groups excluding carboxylic acids is 2. The molecule has 0 aromatic heterocycles. The van der Waals surface area contributed by atoms with E-state index >= 15 is 0 Å². The molecule has 2 aromatic carbocycles. The molecule has 0 unspecified atom stereocenters. The average molecular weight is 492 g/mol. The molecule has 10 heteroatoms. The number of nitrogens with zero attached hydrogens (tertiary/aromatic N) is 5. The lowest BCUT2D eigenvalue weighted by molar-refractivity contribution is -0.142. The summed E-state index contributed by atoms with van der Waals surface area (Å²) in [5.41, 5.74) is 11.4. The third kappa shape index (κ3) is 6.21. The number of hydrogen-bond acceptors (Lipinski definition) is 7. The number of carboxylic acids is 1. The zero-order valence-electron chi connectivity index (χ0n) is 20.4. The van der Waals surface area contributed by atoms with Crippen LogP contribution in [0, 0.1) is 11.8 Å². The summed E-state index contributed by atoms with van der Waals surface area (Å²) in [5, 5.41) is 12.2. The van der Waals surface area contributed by atoms with E-state index in [2.05, 4.69) is 10.0 Å². The lowest BCUT2D eigenvalue weighted by Crippen LogP contribution is -2.46. The van der Waals surface area contributed by atoms with Crippen molar-refractivity contribution >= 4 is 28.9 Å². The third-order valence-electron chi connectivity index (χ3n) is 5.98. The Kier molecular flexibility index (Phi) is 9.44. The van der Waals surface area contributed by atoms with Gasteiger partial charge in [-0.3, -0.25) is 9.59 Å². The molecule has 1 N–H and O–H groups in total. The van der Waals surface area contributed by atoms with Crippen molar-refractivity contribution in [3.8, 4) is 0 Å². The number of carbonyl (C=O) groups is 3. The molecule has 1 aliphatic rings.